The van der Waals surface area contributed by atoms with Gasteiger partial charge in [0.2, 0.25) is 0 Å². The second kappa shape index (κ2) is 4.71. The van der Waals surface area contributed by atoms with Crippen molar-refractivity contribution >= 4 is 23.5 Å². The number of ether oxygens (including phenoxy) is 1. The highest BCUT2D eigenvalue weighted by molar-refractivity contribution is 6.30. The van der Waals surface area contributed by atoms with Gasteiger partial charge in [-0.2, -0.15) is 0 Å². The maximum atomic E-state index is 13.1. The molecule has 20 heavy (non-hydrogen) atoms. The molecule has 1 N–H and O–H groups in total. The number of halogens is 2. The summed E-state index contributed by atoms with van der Waals surface area (Å²) in [6.07, 6.45) is 0.470. The van der Waals surface area contributed by atoms with E-state index in [1.807, 2.05) is 0 Å². The van der Waals surface area contributed by atoms with Crippen molar-refractivity contribution in [2.45, 2.75) is 18.5 Å². The Morgan fingerprint density at radius 2 is 2.25 bits per heavy atom. The number of benzene rings is 1. The molecule has 5 nitrogen and oxygen atoms in total. The molecule has 0 aliphatic carbocycles. The topological polar surface area (TPSA) is 58.6 Å². The first-order valence-electron chi connectivity index (χ1n) is 6.18. The fourth-order valence-electron chi connectivity index (χ4n) is 2.47. The molecule has 2 aliphatic heterocycles. The molecule has 1 unspecified atom stereocenters. The molecule has 1 aromatic carbocycles. The lowest BCUT2D eigenvalue weighted by molar-refractivity contribution is -0.131. The third-order valence-electron chi connectivity index (χ3n) is 3.59. The van der Waals surface area contributed by atoms with Crippen molar-refractivity contribution < 1.29 is 18.7 Å². The van der Waals surface area contributed by atoms with E-state index in [0.717, 1.165) is 4.90 Å². The molecule has 1 atom stereocenters. The highest BCUT2D eigenvalue weighted by atomic mass is 35.5. The van der Waals surface area contributed by atoms with Crippen molar-refractivity contribution in [3.63, 3.8) is 0 Å². The Bertz CT molecular complexity index is 587. The predicted octanol–water partition coefficient (Wildman–Crippen LogP) is 1.69. The fourth-order valence-corrected chi connectivity index (χ4v) is 2.68. The summed E-state index contributed by atoms with van der Waals surface area (Å²) >= 11 is 5.69. The van der Waals surface area contributed by atoms with E-state index >= 15 is 0 Å². The molecular weight excluding hydrogens is 287 g/mol. The van der Waals surface area contributed by atoms with E-state index in [0.29, 0.717) is 18.6 Å². The zero-order valence-electron chi connectivity index (χ0n) is 10.5. The average molecular weight is 299 g/mol. The van der Waals surface area contributed by atoms with Crippen molar-refractivity contribution in [1.29, 1.82) is 0 Å². The van der Waals surface area contributed by atoms with Gasteiger partial charge in [0.25, 0.3) is 5.91 Å². The summed E-state index contributed by atoms with van der Waals surface area (Å²) in [6, 6.07) is 3.66. The number of imide groups is 1. The summed E-state index contributed by atoms with van der Waals surface area (Å²) in [4.78, 5) is 25.4. The van der Waals surface area contributed by atoms with Crippen LogP contribution in [0.1, 0.15) is 12.0 Å². The molecule has 1 aromatic rings. The number of amides is 3. The molecule has 0 radical (unpaired) electrons. The highest BCUT2D eigenvalue weighted by Gasteiger charge is 2.53. The van der Waals surface area contributed by atoms with Crippen molar-refractivity contribution in [2.75, 3.05) is 13.2 Å². The molecule has 7 heteroatoms. The number of nitrogens with zero attached hydrogens (tertiary/aromatic N) is 1. The van der Waals surface area contributed by atoms with Gasteiger partial charge in [-0.25, -0.2) is 9.18 Å². The zero-order chi connectivity index (χ0) is 14.3. The number of urea groups is 1. The molecule has 3 amide bonds. The molecule has 2 heterocycles. The Kier molecular flexibility index (Phi) is 3.14. The monoisotopic (exact) mass is 298 g/mol. The molecule has 2 aliphatic rings. The van der Waals surface area contributed by atoms with Crippen LogP contribution in [0.15, 0.2) is 18.2 Å². The van der Waals surface area contributed by atoms with Gasteiger partial charge in [0, 0.05) is 13.0 Å². The summed E-state index contributed by atoms with van der Waals surface area (Å²) in [5.74, 6) is -0.839. The van der Waals surface area contributed by atoms with Gasteiger partial charge in [-0.3, -0.25) is 9.69 Å². The van der Waals surface area contributed by atoms with Gasteiger partial charge in [-0.15, -0.1) is 0 Å². The largest absolute Gasteiger partial charge is 0.378 e. The molecule has 106 valence electrons. The van der Waals surface area contributed by atoms with E-state index in [1.54, 1.807) is 0 Å². The van der Waals surface area contributed by atoms with Crippen molar-refractivity contribution in [1.82, 2.24) is 10.2 Å². The maximum Gasteiger partial charge on any atom is 0.325 e. The zero-order valence-corrected chi connectivity index (χ0v) is 11.2. The number of carbonyl (C=O) groups excluding carboxylic acids is 2. The Balaban J connectivity index is 1.82. The van der Waals surface area contributed by atoms with Crippen LogP contribution in [0, 0.1) is 5.82 Å². The number of nitrogens with one attached hydrogen (secondary N) is 1. The minimum atomic E-state index is -0.930. The van der Waals surface area contributed by atoms with Crippen LogP contribution in [0.4, 0.5) is 9.18 Å². The predicted molar refractivity (Wildman–Crippen MR) is 68.7 cm³/mol. The van der Waals surface area contributed by atoms with Crippen LogP contribution in [-0.4, -0.2) is 35.6 Å². The van der Waals surface area contributed by atoms with Gasteiger partial charge >= 0.3 is 6.03 Å². The van der Waals surface area contributed by atoms with E-state index < -0.39 is 17.4 Å². The molecule has 0 saturated carbocycles. The van der Waals surface area contributed by atoms with Crippen LogP contribution in [-0.2, 0) is 16.1 Å². The highest BCUT2D eigenvalue weighted by Crippen LogP contribution is 2.28. The Labute approximate surface area is 119 Å². The minimum absolute atomic E-state index is 0.0338. The molecule has 0 aromatic heterocycles. The smallest absolute Gasteiger partial charge is 0.325 e. The SMILES string of the molecule is O=C1NC2(CCOC2)C(=O)N1Cc1ccc(F)c(Cl)c1. The van der Waals surface area contributed by atoms with Gasteiger partial charge in [-0.1, -0.05) is 17.7 Å². The number of carbonyl (C=O) groups is 2. The Hall–Kier alpha value is -1.66. The van der Waals surface area contributed by atoms with Crippen LogP contribution >= 0.6 is 11.6 Å². The summed E-state index contributed by atoms with van der Waals surface area (Å²) in [7, 11) is 0. The average Bonchev–Trinajstić information content (AvgIpc) is 2.96. The summed E-state index contributed by atoms with van der Waals surface area (Å²) < 4.78 is 18.3. The minimum Gasteiger partial charge on any atom is -0.378 e. The lowest BCUT2D eigenvalue weighted by Crippen LogP contribution is -2.47. The van der Waals surface area contributed by atoms with E-state index in [2.05, 4.69) is 5.32 Å². The fraction of sp³-hybridized carbons (Fsp3) is 0.385. The van der Waals surface area contributed by atoms with Crippen LogP contribution in [0.25, 0.3) is 0 Å². The van der Waals surface area contributed by atoms with Crippen molar-refractivity contribution in [2.24, 2.45) is 0 Å². The van der Waals surface area contributed by atoms with E-state index in [9.17, 15) is 14.0 Å². The van der Waals surface area contributed by atoms with E-state index in [1.165, 1.54) is 18.2 Å². The van der Waals surface area contributed by atoms with Crippen LogP contribution in [0.2, 0.25) is 5.02 Å². The van der Waals surface area contributed by atoms with Crippen LogP contribution < -0.4 is 5.32 Å². The number of hydrogen-bond acceptors (Lipinski definition) is 3. The molecular formula is C13H12ClFN2O3. The third kappa shape index (κ3) is 2.05. The molecule has 3 rings (SSSR count). The standard InChI is InChI=1S/C13H12ClFN2O3/c14-9-5-8(1-2-10(9)15)6-17-11(18)13(16-12(17)19)3-4-20-7-13/h1-2,5H,3-4,6-7H2,(H,16,19). The van der Waals surface area contributed by atoms with Crippen molar-refractivity contribution in [3.8, 4) is 0 Å². The molecule has 1 spiro atoms. The normalized spacial score (nSPS) is 25.6. The number of hydrogen-bond donors (Lipinski definition) is 1. The molecule has 2 saturated heterocycles. The first-order valence-corrected chi connectivity index (χ1v) is 6.55. The number of rotatable bonds is 2. The van der Waals surface area contributed by atoms with Crippen LogP contribution in [0.5, 0.6) is 0 Å². The van der Waals surface area contributed by atoms with Gasteiger partial charge in [-0.05, 0) is 17.7 Å². The second-order valence-corrected chi connectivity index (χ2v) is 5.36. The summed E-state index contributed by atoms with van der Waals surface area (Å²) in [5.41, 5.74) is -0.336. The summed E-state index contributed by atoms with van der Waals surface area (Å²) in [5, 5.41) is 2.65. The second-order valence-electron chi connectivity index (χ2n) is 4.95. The third-order valence-corrected chi connectivity index (χ3v) is 3.88. The summed E-state index contributed by atoms with van der Waals surface area (Å²) in [6.45, 7) is 0.701. The van der Waals surface area contributed by atoms with Crippen molar-refractivity contribution in [3.05, 3.63) is 34.6 Å². The molecule has 0 bridgehead atoms. The maximum absolute atomic E-state index is 13.1. The van der Waals surface area contributed by atoms with Crippen LogP contribution in [0.3, 0.4) is 0 Å². The van der Waals surface area contributed by atoms with Gasteiger partial charge in [0.15, 0.2) is 0 Å². The lowest BCUT2D eigenvalue weighted by atomic mass is 9.99. The molecule has 2 fully saturated rings. The van der Waals surface area contributed by atoms with E-state index in [4.69, 9.17) is 16.3 Å². The van der Waals surface area contributed by atoms with Gasteiger partial charge in [0.05, 0.1) is 18.2 Å². The van der Waals surface area contributed by atoms with Gasteiger partial charge in [0.1, 0.15) is 11.4 Å². The first-order chi connectivity index (χ1) is 9.52. The quantitative estimate of drug-likeness (QED) is 0.845. The van der Waals surface area contributed by atoms with E-state index in [-0.39, 0.29) is 24.1 Å². The first kappa shape index (κ1) is 13.3. The van der Waals surface area contributed by atoms with Gasteiger partial charge < -0.3 is 10.1 Å². The Morgan fingerprint density at radius 1 is 1.45 bits per heavy atom. The lowest BCUT2D eigenvalue weighted by Gasteiger charge is -2.18. The Morgan fingerprint density at radius 3 is 2.90 bits per heavy atom.